The molecule has 1 fully saturated rings. The monoisotopic (exact) mass is 351 g/mol. The number of nitrogens with one attached hydrogen (secondary N) is 2. The molecule has 1 saturated heterocycles. The van der Waals surface area contributed by atoms with Gasteiger partial charge in [0.1, 0.15) is 12.4 Å². The molecular formula is C18H29N3O2S. The second-order valence-corrected chi connectivity index (χ2v) is 7.85. The lowest BCUT2D eigenvalue weighted by molar-refractivity contribution is 0.146. The third-order valence-electron chi connectivity index (χ3n) is 4.07. The third-order valence-corrected chi connectivity index (χ3v) is 5.61. The lowest BCUT2D eigenvalue weighted by atomic mass is 10.1. The van der Waals surface area contributed by atoms with Crippen molar-refractivity contribution in [1.82, 2.24) is 10.6 Å². The lowest BCUT2D eigenvalue weighted by Crippen LogP contribution is -2.43. The molecule has 0 aliphatic carbocycles. The minimum atomic E-state index is 0.326. The highest BCUT2D eigenvalue weighted by Crippen LogP contribution is 2.36. The molecule has 0 radical (unpaired) electrons. The van der Waals surface area contributed by atoms with Crippen LogP contribution in [-0.4, -0.2) is 50.4 Å². The zero-order valence-electron chi connectivity index (χ0n) is 14.9. The van der Waals surface area contributed by atoms with Crippen molar-refractivity contribution in [3.8, 4) is 5.75 Å². The van der Waals surface area contributed by atoms with Gasteiger partial charge in [0, 0.05) is 32.0 Å². The van der Waals surface area contributed by atoms with Gasteiger partial charge in [0.05, 0.1) is 6.61 Å². The molecule has 1 atom stereocenters. The van der Waals surface area contributed by atoms with Crippen LogP contribution in [0.5, 0.6) is 5.75 Å². The largest absolute Gasteiger partial charge is 0.491 e. The van der Waals surface area contributed by atoms with Crippen molar-refractivity contribution in [3.05, 3.63) is 29.8 Å². The number of hydrogen-bond acceptors (Lipinski definition) is 4. The van der Waals surface area contributed by atoms with Crippen molar-refractivity contribution in [2.24, 2.45) is 4.99 Å². The number of benzene rings is 1. The molecule has 1 aromatic carbocycles. The van der Waals surface area contributed by atoms with Crippen LogP contribution in [0.25, 0.3) is 0 Å². The SMILES string of the molecule is CN=C(NCc1cccc(OCCOC)c1)NCC1(C)CCCS1. The van der Waals surface area contributed by atoms with Crippen LogP contribution in [0.1, 0.15) is 25.3 Å². The minimum Gasteiger partial charge on any atom is -0.491 e. The number of nitrogens with zero attached hydrogens (tertiary/aromatic N) is 1. The molecule has 6 heteroatoms. The molecule has 0 saturated carbocycles. The van der Waals surface area contributed by atoms with E-state index in [1.807, 2.05) is 25.2 Å². The van der Waals surface area contributed by atoms with Crippen molar-refractivity contribution < 1.29 is 9.47 Å². The topological polar surface area (TPSA) is 54.9 Å². The van der Waals surface area contributed by atoms with Crippen LogP contribution in [0.15, 0.2) is 29.3 Å². The number of guanidine groups is 1. The summed E-state index contributed by atoms with van der Waals surface area (Å²) >= 11 is 2.05. The Bertz CT molecular complexity index is 531. The summed E-state index contributed by atoms with van der Waals surface area (Å²) in [4.78, 5) is 4.32. The van der Waals surface area contributed by atoms with E-state index < -0.39 is 0 Å². The van der Waals surface area contributed by atoms with E-state index in [4.69, 9.17) is 9.47 Å². The highest BCUT2D eigenvalue weighted by molar-refractivity contribution is 8.00. The quantitative estimate of drug-likeness (QED) is 0.428. The fourth-order valence-corrected chi connectivity index (χ4v) is 3.89. The Kier molecular flexibility index (Phi) is 7.72. The van der Waals surface area contributed by atoms with Gasteiger partial charge in [-0.25, -0.2) is 0 Å². The molecule has 2 N–H and O–H groups in total. The second-order valence-electron chi connectivity index (χ2n) is 6.17. The van der Waals surface area contributed by atoms with Crippen LogP contribution in [0.3, 0.4) is 0 Å². The highest BCUT2D eigenvalue weighted by atomic mass is 32.2. The van der Waals surface area contributed by atoms with Crippen LogP contribution in [-0.2, 0) is 11.3 Å². The smallest absolute Gasteiger partial charge is 0.191 e. The molecular weight excluding hydrogens is 322 g/mol. The van der Waals surface area contributed by atoms with E-state index in [1.54, 1.807) is 7.11 Å². The molecule has 0 amide bonds. The van der Waals surface area contributed by atoms with Crippen molar-refractivity contribution in [1.29, 1.82) is 0 Å². The fraction of sp³-hybridized carbons (Fsp3) is 0.611. The molecule has 0 aromatic heterocycles. The van der Waals surface area contributed by atoms with Gasteiger partial charge in [-0.15, -0.1) is 0 Å². The number of thioether (sulfide) groups is 1. The number of rotatable bonds is 8. The van der Waals surface area contributed by atoms with Gasteiger partial charge >= 0.3 is 0 Å². The number of aliphatic imine (C=N–C) groups is 1. The van der Waals surface area contributed by atoms with Crippen molar-refractivity contribution in [2.75, 3.05) is 39.7 Å². The van der Waals surface area contributed by atoms with Gasteiger partial charge < -0.3 is 20.1 Å². The van der Waals surface area contributed by atoms with Gasteiger partial charge in [-0.2, -0.15) is 11.8 Å². The summed E-state index contributed by atoms with van der Waals surface area (Å²) in [7, 11) is 3.48. The van der Waals surface area contributed by atoms with E-state index in [0.717, 1.165) is 23.8 Å². The van der Waals surface area contributed by atoms with Gasteiger partial charge in [-0.1, -0.05) is 12.1 Å². The summed E-state index contributed by atoms with van der Waals surface area (Å²) in [6.45, 7) is 5.14. The maximum atomic E-state index is 5.65. The first-order valence-corrected chi connectivity index (χ1v) is 9.43. The molecule has 5 nitrogen and oxygen atoms in total. The second kappa shape index (κ2) is 9.79. The number of hydrogen-bond donors (Lipinski definition) is 2. The fourth-order valence-electron chi connectivity index (χ4n) is 2.64. The Morgan fingerprint density at radius 3 is 2.92 bits per heavy atom. The molecule has 2 rings (SSSR count). The van der Waals surface area contributed by atoms with Crippen LogP contribution in [0.2, 0.25) is 0 Å². The number of ether oxygens (including phenoxy) is 2. The molecule has 0 spiro atoms. The molecule has 1 aromatic rings. The Morgan fingerprint density at radius 2 is 2.21 bits per heavy atom. The molecule has 1 heterocycles. The van der Waals surface area contributed by atoms with Crippen molar-refractivity contribution >= 4 is 17.7 Å². The Hall–Kier alpha value is -1.40. The third kappa shape index (κ3) is 6.24. The Morgan fingerprint density at radius 1 is 1.33 bits per heavy atom. The van der Waals surface area contributed by atoms with Crippen LogP contribution < -0.4 is 15.4 Å². The summed E-state index contributed by atoms with van der Waals surface area (Å²) in [6, 6.07) is 8.09. The first kappa shape index (κ1) is 18.9. The highest BCUT2D eigenvalue weighted by Gasteiger charge is 2.29. The van der Waals surface area contributed by atoms with Crippen LogP contribution in [0, 0.1) is 0 Å². The first-order chi connectivity index (χ1) is 11.6. The average Bonchev–Trinajstić information content (AvgIpc) is 3.03. The van der Waals surface area contributed by atoms with Gasteiger partial charge in [0.15, 0.2) is 5.96 Å². The van der Waals surface area contributed by atoms with E-state index in [1.165, 1.54) is 18.6 Å². The Balaban J connectivity index is 1.79. The maximum Gasteiger partial charge on any atom is 0.191 e. The van der Waals surface area contributed by atoms with E-state index in [-0.39, 0.29) is 0 Å². The molecule has 1 aliphatic rings. The first-order valence-electron chi connectivity index (χ1n) is 8.44. The summed E-state index contributed by atoms with van der Waals surface area (Å²) in [6.07, 6.45) is 2.58. The minimum absolute atomic E-state index is 0.326. The maximum absolute atomic E-state index is 5.65. The Labute approximate surface area is 149 Å². The van der Waals surface area contributed by atoms with Gasteiger partial charge in [0.25, 0.3) is 0 Å². The standard InChI is InChI=1S/C18H29N3O2S/c1-18(8-5-11-24-18)14-21-17(19-2)20-13-15-6-4-7-16(12-15)23-10-9-22-3/h4,6-7,12H,5,8-11,13-14H2,1-3H3,(H2,19,20,21). The van der Waals surface area contributed by atoms with Crippen LogP contribution >= 0.6 is 11.8 Å². The molecule has 134 valence electrons. The molecule has 1 aliphatic heterocycles. The van der Waals surface area contributed by atoms with Gasteiger partial charge in [-0.3, -0.25) is 4.99 Å². The molecule has 0 bridgehead atoms. The van der Waals surface area contributed by atoms with Gasteiger partial charge in [-0.05, 0) is 43.2 Å². The molecule has 1 unspecified atom stereocenters. The lowest BCUT2D eigenvalue weighted by Gasteiger charge is -2.24. The zero-order valence-corrected chi connectivity index (χ0v) is 15.7. The van der Waals surface area contributed by atoms with E-state index >= 15 is 0 Å². The van der Waals surface area contributed by atoms with E-state index in [9.17, 15) is 0 Å². The van der Waals surface area contributed by atoms with Gasteiger partial charge in [0.2, 0.25) is 0 Å². The van der Waals surface area contributed by atoms with E-state index in [2.05, 4.69) is 40.4 Å². The molecule has 24 heavy (non-hydrogen) atoms. The number of methoxy groups -OCH3 is 1. The van der Waals surface area contributed by atoms with Crippen LogP contribution in [0.4, 0.5) is 0 Å². The summed E-state index contributed by atoms with van der Waals surface area (Å²) in [5, 5.41) is 6.82. The summed E-state index contributed by atoms with van der Waals surface area (Å²) < 4.78 is 11.0. The normalized spacial score (nSPS) is 20.9. The summed E-state index contributed by atoms with van der Waals surface area (Å²) in [5.41, 5.74) is 1.16. The predicted octanol–water partition coefficient (Wildman–Crippen LogP) is 2.66. The average molecular weight is 352 g/mol. The van der Waals surface area contributed by atoms with Crippen molar-refractivity contribution in [2.45, 2.75) is 31.1 Å². The summed E-state index contributed by atoms with van der Waals surface area (Å²) in [5.74, 6) is 2.97. The van der Waals surface area contributed by atoms with E-state index in [0.29, 0.717) is 24.5 Å². The zero-order chi connectivity index (χ0) is 17.3. The predicted molar refractivity (Wildman–Crippen MR) is 102 cm³/mol. The van der Waals surface area contributed by atoms with Crippen molar-refractivity contribution in [3.63, 3.8) is 0 Å².